The van der Waals surface area contributed by atoms with Gasteiger partial charge in [-0.2, -0.15) is 0 Å². The van der Waals surface area contributed by atoms with Gasteiger partial charge in [-0.15, -0.1) is 0 Å². The minimum atomic E-state index is -0.274. The van der Waals surface area contributed by atoms with Crippen LogP contribution >= 0.6 is 15.9 Å². The van der Waals surface area contributed by atoms with Crippen LogP contribution in [-0.2, 0) is 4.79 Å². The third-order valence-corrected chi connectivity index (χ3v) is 8.10. The molecule has 1 aliphatic heterocycles. The maximum Gasteiger partial charge on any atom is 0.190 e. The molecule has 1 unspecified atom stereocenters. The van der Waals surface area contributed by atoms with E-state index in [2.05, 4.69) is 63.5 Å². The highest BCUT2D eigenvalue weighted by Gasteiger charge is 2.52. The number of benzene rings is 1. The van der Waals surface area contributed by atoms with Crippen LogP contribution in [0, 0.1) is 30.1 Å². The first-order valence-electron chi connectivity index (χ1n) is 10.7. The van der Waals surface area contributed by atoms with Crippen molar-refractivity contribution in [2.45, 2.75) is 79.4 Å². The van der Waals surface area contributed by atoms with Crippen LogP contribution in [0.2, 0.25) is 0 Å². The van der Waals surface area contributed by atoms with Gasteiger partial charge in [0.25, 0.3) is 0 Å². The first-order chi connectivity index (χ1) is 13.1. The molecular formula is C24H32BrNO2. The van der Waals surface area contributed by atoms with Gasteiger partial charge in [-0.05, 0) is 75.9 Å². The Morgan fingerprint density at radius 1 is 1.32 bits per heavy atom. The Kier molecular flexibility index (Phi) is 5.01. The molecule has 2 aliphatic carbocycles. The third kappa shape index (κ3) is 3.07. The molecule has 3 nitrogen and oxygen atoms in total. The summed E-state index contributed by atoms with van der Waals surface area (Å²) < 4.78 is 7.37. The number of nitrogens with zero attached hydrogens (tertiary/aromatic N) is 1. The molecular weight excluding hydrogens is 414 g/mol. The molecule has 28 heavy (non-hydrogen) atoms. The molecule has 1 fully saturated rings. The van der Waals surface area contributed by atoms with Crippen LogP contribution in [-0.4, -0.2) is 17.7 Å². The number of Topliss-reactive ketones (excluding diaryl/α,β-unsaturated/α-hetero) is 1. The summed E-state index contributed by atoms with van der Waals surface area (Å²) in [7, 11) is 0. The second-order valence-electron chi connectivity index (χ2n) is 10.2. The van der Waals surface area contributed by atoms with Gasteiger partial charge in [0.1, 0.15) is 11.5 Å². The second-order valence-corrected chi connectivity index (χ2v) is 11.0. The molecule has 0 radical (unpaired) electrons. The molecule has 3 aliphatic rings. The number of hydrogen-bond donors (Lipinski definition) is 0. The van der Waals surface area contributed by atoms with Crippen molar-refractivity contribution < 1.29 is 9.53 Å². The highest BCUT2D eigenvalue weighted by atomic mass is 79.9. The fourth-order valence-electron chi connectivity index (χ4n) is 5.78. The standard InChI is InChI=1S/C24H32BrNO2/c1-12(2)9-18-26-22-17(27)11-24(6)8-7-15(13(3)4)20(24)16-10-14(5)21(25)23(28-18)19(16)22/h10,12-13,15,18,20H,7-9,11H2,1-6H3/t15?,18-,20-,24+/m1/s1. The normalized spacial score (nSPS) is 31.4. The van der Waals surface area contributed by atoms with E-state index in [4.69, 9.17) is 9.73 Å². The van der Waals surface area contributed by atoms with Gasteiger partial charge in [-0.3, -0.25) is 4.79 Å². The van der Waals surface area contributed by atoms with Crippen molar-refractivity contribution >= 4 is 27.4 Å². The van der Waals surface area contributed by atoms with E-state index in [-0.39, 0.29) is 17.4 Å². The zero-order valence-corrected chi connectivity index (χ0v) is 19.5. The van der Waals surface area contributed by atoms with E-state index >= 15 is 0 Å². The summed E-state index contributed by atoms with van der Waals surface area (Å²) >= 11 is 3.76. The highest BCUT2D eigenvalue weighted by Crippen LogP contribution is 2.60. The number of aliphatic imine (C=N–C) groups is 1. The van der Waals surface area contributed by atoms with Gasteiger partial charge in [0, 0.05) is 12.8 Å². The van der Waals surface area contributed by atoms with Gasteiger partial charge in [-0.1, -0.05) is 40.7 Å². The van der Waals surface area contributed by atoms with Crippen LogP contribution in [0.4, 0.5) is 0 Å². The maximum atomic E-state index is 13.4. The minimum absolute atomic E-state index is 0.00740. The number of fused-ring (bicyclic) bond motifs is 2. The monoisotopic (exact) mass is 445 g/mol. The number of ketones is 1. The lowest BCUT2D eigenvalue weighted by Crippen LogP contribution is -2.30. The van der Waals surface area contributed by atoms with Crippen molar-refractivity contribution in [3.8, 4) is 5.75 Å². The summed E-state index contributed by atoms with van der Waals surface area (Å²) in [6.45, 7) is 13.5. The average Bonchev–Trinajstić information content (AvgIpc) is 2.90. The fraction of sp³-hybridized carbons (Fsp3) is 0.667. The Bertz CT molecular complexity index is 857. The Morgan fingerprint density at radius 3 is 2.68 bits per heavy atom. The molecule has 1 heterocycles. The number of rotatable bonds is 3. The molecule has 0 amide bonds. The Labute approximate surface area is 177 Å². The van der Waals surface area contributed by atoms with Crippen LogP contribution in [0.1, 0.15) is 82.9 Å². The van der Waals surface area contributed by atoms with Crippen LogP contribution in [0.3, 0.4) is 0 Å². The number of hydrogen-bond acceptors (Lipinski definition) is 3. The predicted octanol–water partition coefficient (Wildman–Crippen LogP) is 6.44. The SMILES string of the molecule is Cc1cc2c3c(c1Br)O[C@H](CC(C)C)N=C3C(=O)C[C@]1(C)CCC(C(C)C)[C@H]21. The zero-order chi connectivity index (χ0) is 20.4. The molecule has 4 heteroatoms. The van der Waals surface area contributed by atoms with Crippen LogP contribution in [0.15, 0.2) is 15.5 Å². The molecule has 4 rings (SSSR count). The van der Waals surface area contributed by atoms with E-state index in [1.165, 1.54) is 17.5 Å². The van der Waals surface area contributed by atoms with Gasteiger partial charge >= 0.3 is 0 Å². The lowest BCUT2D eigenvalue weighted by Gasteiger charge is -2.35. The molecule has 0 saturated heterocycles. The Hall–Kier alpha value is -1.16. The smallest absolute Gasteiger partial charge is 0.190 e. The van der Waals surface area contributed by atoms with E-state index in [9.17, 15) is 4.79 Å². The summed E-state index contributed by atoms with van der Waals surface area (Å²) in [5.74, 6) is 3.08. The van der Waals surface area contributed by atoms with Gasteiger partial charge in [0.05, 0.1) is 10.0 Å². The van der Waals surface area contributed by atoms with Crippen molar-refractivity contribution in [3.63, 3.8) is 0 Å². The number of aryl methyl sites for hydroxylation is 1. The van der Waals surface area contributed by atoms with Crippen molar-refractivity contribution in [1.29, 1.82) is 0 Å². The fourth-order valence-corrected chi connectivity index (χ4v) is 6.19. The first-order valence-corrected chi connectivity index (χ1v) is 11.5. The number of carbonyl (C=O) groups excluding carboxylic acids is 1. The lowest BCUT2D eigenvalue weighted by molar-refractivity contribution is -0.115. The second kappa shape index (κ2) is 6.97. The maximum absolute atomic E-state index is 13.4. The first kappa shape index (κ1) is 20.1. The largest absolute Gasteiger partial charge is 0.467 e. The van der Waals surface area contributed by atoms with Crippen LogP contribution < -0.4 is 4.74 Å². The predicted molar refractivity (Wildman–Crippen MR) is 117 cm³/mol. The molecule has 4 atom stereocenters. The van der Waals surface area contributed by atoms with Gasteiger partial charge in [0.15, 0.2) is 12.0 Å². The quantitative estimate of drug-likeness (QED) is 0.536. The van der Waals surface area contributed by atoms with E-state index in [1.54, 1.807) is 0 Å². The van der Waals surface area contributed by atoms with Crippen LogP contribution in [0.25, 0.3) is 0 Å². The number of carbonyl (C=O) groups is 1. The molecule has 1 aromatic carbocycles. The zero-order valence-electron chi connectivity index (χ0n) is 17.9. The molecule has 152 valence electrons. The molecule has 0 N–H and O–H groups in total. The van der Waals surface area contributed by atoms with Crippen molar-refractivity contribution in [1.82, 2.24) is 0 Å². The number of halogens is 1. The summed E-state index contributed by atoms with van der Waals surface area (Å²) in [6.07, 6.45) is 3.45. The van der Waals surface area contributed by atoms with Gasteiger partial charge in [0.2, 0.25) is 0 Å². The highest BCUT2D eigenvalue weighted by molar-refractivity contribution is 9.10. The Balaban J connectivity index is 1.96. The third-order valence-electron chi connectivity index (χ3n) is 7.12. The van der Waals surface area contributed by atoms with E-state index < -0.39 is 0 Å². The molecule has 0 aromatic heterocycles. The van der Waals surface area contributed by atoms with E-state index in [0.717, 1.165) is 28.6 Å². The van der Waals surface area contributed by atoms with E-state index in [0.29, 0.717) is 35.8 Å². The average molecular weight is 446 g/mol. The summed E-state index contributed by atoms with van der Waals surface area (Å²) in [5.41, 5.74) is 4.13. The molecule has 1 saturated carbocycles. The number of ether oxygens (including phenoxy) is 1. The van der Waals surface area contributed by atoms with Crippen molar-refractivity contribution in [2.24, 2.45) is 28.2 Å². The summed E-state index contributed by atoms with van der Waals surface area (Å²) in [6, 6.07) is 2.30. The van der Waals surface area contributed by atoms with Crippen molar-refractivity contribution in [3.05, 3.63) is 27.2 Å². The molecule has 0 bridgehead atoms. The Morgan fingerprint density at radius 2 is 2.04 bits per heavy atom. The van der Waals surface area contributed by atoms with E-state index in [1.807, 2.05) is 0 Å². The minimum Gasteiger partial charge on any atom is -0.467 e. The van der Waals surface area contributed by atoms with Gasteiger partial charge < -0.3 is 4.74 Å². The molecule has 0 spiro atoms. The summed E-state index contributed by atoms with van der Waals surface area (Å²) in [5, 5.41) is 0. The lowest BCUT2D eigenvalue weighted by atomic mass is 9.69. The van der Waals surface area contributed by atoms with Crippen molar-refractivity contribution in [2.75, 3.05) is 0 Å². The molecule has 1 aromatic rings. The van der Waals surface area contributed by atoms with Gasteiger partial charge in [-0.25, -0.2) is 4.99 Å². The topological polar surface area (TPSA) is 38.7 Å². The summed E-state index contributed by atoms with van der Waals surface area (Å²) in [4.78, 5) is 18.3. The van der Waals surface area contributed by atoms with Crippen LogP contribution in [0.5, 0.6) is 5.75 Å².